The number of rotatable bonds is 2. The van der Waals surface area contributed by atoms with E-state index in [4.69, 9.17) is 11.6 Å². The molecular weight excluding hydrogens is 295 g/mol. The zero-order valence-corrected chi connectivity index (χ0v) is 10.5. The van der Waals surface area contributed by atoms with E-state index in [2.05, 4.69) is 15.3 Å². The second kappa shape index (κ2) is 5.46. The summed E-state index contributed by atoms with van der Waals surface area (Å²) in [6.07, 6.45) is -0.426. The zero-order valence-electron chi connectivity index (χ0n) is 9.78. The van der Waals surface area contributed by atoms with Gasteiger partial charge in [0.05, 0.1) is 22.3 Å². The number of alkyl halides is 3. The first-order chi connectivity index (χ1) is 9.38. The van der Waals surface area contributed by atoms with Crippen LogP contribution >= 0.6 is 11.6 Å². The number of carbonyl (C=O) groups is 1. The van der Waals surface area contributed by atoms with E-state index in [0.717, 1.165) is 12.1 Å². The second-order valence-electron chi connectivity index (χ2n) is 3.74. The molecule has 1 heterocycles. The van der Waals surface area contributed by atoms with Gasteiger partial charge in [0.1, 0.15) is 0 Å². The molecule has 0 fully saturated rings. The van der Waals surface area contributed by atoms with Gasteiger partial charge in [0, 0.05) is 12.4 Å². The first kappa shape index (κ1) is 14.3. The molecule has 0 radical (unpaired) electrons. The Labute approximate surface area is 116 Å². The quantitative estimate of drug-likeness (QED) is 0.925. The maximum Gasteiger partial charge on any atom is 0.416 e. The van der Waals surface area contributed by atoms with Gasteiger partial charge in [-0.15, -0.1) is 0 Å². The fraction of sp³-hybridized carbons (Fsp3) is 0.0833. The molecule has 0 aliphatic heterocycles. The Morgan fingerprint density at radius 3 is 2.55 bits per heavy atom. The van der Waals surface area contributed by atoms with Gasteiger partial charge >= 0.3 is 6.18 Å². The van der Waals surface area contributed by atoms with Crippen molar-refractivity contribution >= 4 is 23.3 Å². The van der Waals surface area contributed by atoms with E-state index in [-0.39, 0.29) is 16.4 Å². The van der Waals surface area contributed by atoms with Crippen molar-refractivity contribution in [3.63, 3.8) is 0 Å². The summed E-state index contributed by atoms with van der Waals surface area (Å²) in [6.45, 7) is 0. The minimum absolute atomic E-state index is 0.0784. The van der Waals surface area contributed by atoms with E-state index in [1.807, 2.05) is 0 Å². The van der Waals surface area contributed by atoms with Crippen LogP contribution in [0.3, 0.4) is 0 Å². The van der Waals surface area contributed by atoms with E-state index in [0.29, 0.717) is 6.07 Å². The number of anilines is 1. The molecule has 2 aromatic rings. The van der Waals surface area contributed by atoms with E-state index in [9.17, 15) is 18.0 Å². The van der Waals surface area contributed by atoms with Crippen LogP contribution in [-0.2, 0) is 6.18 Å². The minimum atomic E-state index is -4.51. The molecule has 20 heavy (non-hydrogen) atoms. The van der Waals surface area contributed by atoms with Crippen molar-refractivity contribution < 1.29 is 18.0 Å². The summed E-state index contributed by atoms with van der Waals surface area (Å²) in [5, 5.41) is 2.09. The standard InChI is InChI=1S/C12H7ClF3N3O/c13-9-5-7(12(14,15)16)1-2-8(9)11(20)19-10-6-17-3-4-18-10/h1-6H,(H,18,19,20). The summed E-state index contributed by atoms with van der Waals surface area (Å²) in [5.74, 6) is -0.488. The van der Waals surface area contributed by atoms with Crippen molar-refractivity contribution in [2.75, 3.05) is 5.32 Å². The number of carbonyl (C=O) groups excluding carboxylic acids is 1. The highest BCUT2D eigenvalue weighted by Crippen LogP contribution is 2.32. The summed E-state index contributed by atoms with van der Waals surface area (Å²) in [7, 11) is 0. The predicted molar refractivity (Wildman–Crippen MR) is 66.4 cm³/mol. The normalized spacial score (nSPS) is 11.2. The highest BCUT2D eigenvalue weighted by molar-refractivity contribution is 6.34. The highest BCUT2D eigenvalue weighted by Gasteiger charge is 2.31. The summed E-state index contributed by atoms with van der Waals surface area (Å²) in [6, 6.07) is 2.50. The van der Waals surface area contributed by atoms with Crippen molar-refractivity contribution in [2.45, 2.75) is 6.18 Å². The lowest BCUT2D eigenvalue weighted by molar-refractivity contribution is -0.137. The van der Waals surface area contributed by atoms with Gasteiger partial charge in [0.15, 0.2) is 5.82 Å². The van der Waals surface area contributed by atoms with Gasteiger partial charge in [0.25, 0.3) is 5.91 Å². The van der Waals surface area contributed by atoms with Gasteiger partial charge in [-0.1, -0.05) is 11.6 Å². The molecule has 0 bridgehead atoms. The van der Waals surface area contributed by atoms with Crippen molar-refractivity contribution in [3.05, 3.63) is 52.9 Å². The van der Waals surface area contributed by atoms with Crippen molar-refractivity contribution in [2.24, 2.45) is 0 Å². The Hall–Kier alpha value is -2.15. The lowest BCUT2D eigenvalue weighted by Gasteiger charge is -2.09. The molecule has 104 valence electrons. The maximum absolute atomic E-state index is 12.5. The molecule has 0 aliphatic rings. The van der Waals surface area contributed by atoms with Crippen LogP contribution in [0.5, 0.6) is 0 Å². The van der Waals surface area contributed by atoms with Crippen LogP contribution in [0.15, 0.2) is 36.8 Å². The van der Waals surface area contributed by atoms with E-state index < -0.39 is 17.6 Å². The topological polar surface area (TPSA) is 54.9 Å². The first-order valence-electron chi connectivity index (χ1n) is 5.32. The van der Waals surface area contributed by atoms with Crippen molar-refractivity contribution in [1.82, 2.24) is 9.97 Å². The van der Waals surface area contributed by atoms with Gasteiger partial charge in [-0.05, 0) is 18.2 Å². The Morgan fingerprint density at radius 2 is 2.00 bits per heavy atom. The Morgan fingerprint density at radius 1 is 1.25 bits per heavy atom. The largest absolute Gasteiger partial charge is 0.416 e. The molecule has 0 aliphatic carbocycles. The molecular formula is C12H7ClF3N3O. The lowest BCUT2D eigenvalue weighted by atomic mass is 10.1. The number of hydrogen-bond donors (Lipinski definition) is 1. The third-order valence-electron chi connectivity index (χ3n) is 2.35. The maximum atomic E-state index is 12.5. The number of nitrogens with zero attached hydrogens (tertiary/aromatic N) is 2. The molecule has 1 N–H and O–H groups in total. The molecule has 0 saturated heterocycles. The molecule has 0 atom stereocenters. The molecule has 1 aromatic heterocycles. The van der Waals surface area contributed by atoms with Crippen LogP contribution in [0, 0.1) is 0 Å². The molecule has 8 heteroatoms. The van der Waals surface area contributed by atoms with Gasteiger partial charge in [0.2, 0.25) is 0 Å². The monoisotopic (exact) mass is 301 g/mol. The number of halogens is 4. The van der Waals surface area contributed by atoms with E-state index in [1.54, 1.807) is 0 Å². The fourth-order valence-electron chi connectivity index (χ4n) is 1.42. The summed E-state index contributed by atoms with van der Waals surface area (Å²) in [4.78, 5) is 19.4. The molecule has 0 unspecified atom stereocenters. The van der Waals surface area contributed by atoms with E-state index >= 15 is 0 Å². The SMILES string of the molecule is O=C(Nc1cnccn1)c1ccc(C(F)(F)F)cc1Cl. The zero-order chi connectivity index (χ0) is 14.8. The summed E-state index contributed by atoms with van der Waals surface area (Å²) < 4.78 is 37.4. The van der Waals surface area contributed by atoms with Crippen LogP contribution in [0.1, 0.15) is 15.9 Å². The van der Waals surface area contributed by atoms with Crippen molar-refractivity contribution in [1.29, 1.82) is 0 Å². The van der Waals surface area contributed by atoms with Crippen LogP contribution in [0.4, 0.5) is 19.0 Å². The Balaban J connectivity index is 2.23. The number of amides is 1. The average Bonchev–Trinajstić information content (AvgIpc) is 2.38. The predicted octanol–water partition coefficient (Wildman–Crippen LogP) is 3.40. The summed E-state index contributed by atoms with van der Waals surface area (Å²) in [5.41, 5.74) is -0.996. The fourth-order valence-corrected chi connectivity index (χ4v) is 1.69. The van der Waals surface area contributed by atoms with Crippen molar-refractivity contribution in [3.8, 4) is 0 Å². The van der Waals surface area contributed by atoms with Gasteiger partial charge in [-0.3, -0.25) is 9.78 Å². The molecule has 1 amide bonds. The summed E-state index contributed by atoms with van der Waals surface area (Å²) >= 11 is 5.70. The van der Waals surface area contributed by atoms with Gasteiger partial charge in [-0.2, -0.15) is 13.2 Å². The molecule has 4 nitrogen and oxygen atoms in total. The highest BCUT2D eigenvalue weighted by atomic mass is 35.5. The smallest absolute Gasteiger partial charge is 0.305 e. The van der Waals surface area contributed by atoms with Crippen LogP contribution in [0.2, 0.25) is 5.02 Å². The lowest BCUT2D eigenvalue weighted by Crippen LogP contribution is -2.14. The first-order valence-corrected chi connectivity index (χ1v) is 5.70. The number of nitrogens with one attached hydrogen (secondary N) is 1. The van der Waals surface area contributed by atoms with E-state index in [1.165, 1.54) is 18.6 Å². The van der Waals surface area contributed by atoms with Gasteiger partial charge in [-0.25, -0.2) is 4.98 Å². The van der Waals surface area contributed by atoms with Crippen LogP contribution < -0.4 is 5.32 Å². The number of aromatic nitrogens is 2. The Kier molecular flexibility index (Phi) is 3.89. The molecule has 0 spiro atoms. The van der Waals surface area contributed by atoms with Gasteiger partial charge < -0.3 is 5.32 Å². The Bertz CT molecular complexity index is 632. The average molecular weight is 302 g/mol. The van der Waals surface area contributed by atoms with Crippen LogP contribution in [-0.4, -0.2) is 15.9 Å². The number of benzene rings is 1. The molecule has 1 aromatic carbocycles. The molecule has 0 saturated carbocycles. The minimum Gasteiger partial charge on any atom is -0.305 e. The van der Waals surface area contributed by atoms with Crippen LogP contribution in [0.25, 0.3) is 0 Å². The third kappa shape index (κ3) is 3.24. The third-order valence-corrected chi connectivity index (χ3v) is 2.66. The molecule has 2 rings (SSSR count). The second-order valence-corrected chi connectivity index (χ2v) is 4.14. The number of hydrogen-bond acceptors (Lipinski definition) is 3.